The van der Waals surface area contributed by atoms with Gasteiger partial charge in [-0.2, -0.15) is 4.99 Å². The van der Waals surface area contributed by atoms with Crippen molar-refractivity contribution in [2.75, 3.05) is 7.05 Å². The first kappa shape index (κ1) is 20.1. The van der Waals surface area contributed by atoms with Crippen molar-refractivity contribution < 1.29 is 14.7 Å². The van der Waals surface area contributed by atoms with E-state index in [0.717, 1.165) is 16.0 Å². The SMILES string of the molecule is CN1C(=NC(=O)c2ccccc2)N(C(=O)O)/C(=C\c2ccccc2)C1c1ccccc1. The lowest BCUT2D eigenvalue weighted by atomic mass is 10.0. The summed E-state index contributed by atoms with van der Waals surface area (Å²) in [7, 11) is 1.75. The number of carboxylic acid groups (broad SMARTS) is 1. The molecule has 0 saturated carbocycles. The first-order valence-electron chi connectivity index (χ1n) is 9.82. The van der Waals surface area contributed by atoms with Crippen LogP contribution in [0.2, 0.25) is 0 Å². The summed E-state index contributed by atoms with van der Waals surface area (Å²) in [6, 6.07) is 27.2. The highest BCUT2D eigenvalue weighted by Gasteiger charge is 2.43. The molecule has 1 fully saturated rings. The molecule has 0 bridgehead atoms. The van der Waals surface area contributed by atoms with Gasteiger partial charge in [-0.1, -0.05) is 78.9 Å². The summed E-state index contributed by atoms with van der Waals surface area (Å²) in [6.07, 6.45) is 0.615. The maximum absolute atomic E-state index is 12.8. The maximum atomic E-state index is 12.8. The second kappa shape index (κ2) is 8.67. The molecule has 2 amide bonds. The zero-order valence-corrected chi connectivity index (χ0v) is 16.9. The fourth-order valence-electron chi connectivity index (χ4n) is 3.66. The van der Waals surface area contributed by atoms with Crippen LogP contribution in [0.1, 0.15) is 27.5 Å². The van der Waals surface area contributed by atoms with Crippen molar-refractivity contribution >= 4 is 24.0 Å². The molecule has 0 aliphatic carbocycles. The molecule has 31 heavy (non-hydrogen) atoms. The highest BCUT2D eigenvalue weighted by atomic mass is 16.4. The molecule has 1 unspecified atom stereocenters. The van der Waals surface area contributed by atoms with Gasteiger partial charge in [-0.05, 0) is 29.3 Å². The van der Waals surface area contributed by atoms with E-state index in [1.54, 1.807) is 42.3 Å². The van der Waals surface area contributed by atoms with Gasteiger partial charge in [0, 0.05) is 12.6 Å². The Kier molecular flexibility index (Phi) is 5.62. The van der Waals surface area contributed by atoms with E-state index < -0.39 is 18.0 Å². The van der Waals surface area contributed by atoms with Crippen LogP contribution in [0.5, 0.6) is 0 Å². The number of nitrogens with zero attached hydrogens (tertiary/aromatic N) is 3. The topological polar surface area (TPSA) is 73.2 Å². The number of carbonyl (C=O) groups is 2. The summed E-state index contributed by atoms with van der Waals surface area (Å²) in [5.74, 6) is -0.432. The van der Waals surface area contributed by atoms with E-state index >= 15 is 0 Å². The van der Waals surface area contributed by atoms with Crippen molar-refractivity contribution in [3.8, 4) is 0 Å². The standard InChI is InChI=1S/C25H21N3O3/c1-27-22(19-13-7-3-8-14-19)21(17-18-11-5-2-6-12-18)28(25(30)31)24(27)26-23(29)20-15-9-4-10-16-20/h2-17,22H,1H3,(H,30,31)/b21-17-,26-24?. The van der Waals surface area contributed by atoms with Crippen molar-refractivity contribution in [3.05, 3.63) is 113 Å². The van der Waals surface area contributed by atoms with Crippen molar-refractivity contribution in [2.45, 2.75) is 6.04 Å². The number of likely N-dealkylation sites (N-methyl/N-ethyl adjacent to an activating group) is 1. The Hall–Kier alpha value is -4.19. The Morgan fingerprint density at radius 1 is 0.871 bits per heavy atom. The predicted molar refractivity (Wildman–Crippen MR) is 119 cm³/mol. The van der Waals surface area contributed by atoms with Crippen molar-refractivity contribution in [3.63, 3.8) is 0 Å². The molecule has 6 nitrogen and oxygen atoms in total. The lowest BCUT2D eigenvalue weighted by Crippen LogP contribution is -2.35. The zero-order valence-electron chi connectivity index (χ0n) is 16.9. The van der Waals surface area contributed by atoms with Crippen LogP contribution in [0.4, 0.5) is 4.79 Å². The van der Waals surface area contributed by atoms with E-state index in [0.29, 0.717) is 11.3 Å². The monoisotopic (exact) mass is 411 g/mol. The summed E-state index contributed by atoms with van der Waals surface area (Å²) in [6.45, 7) is 0. The number of amides is 2. The second-order valence-electron chi connectivity index (χ2n) is 7.10. The lowest BCUT2D eigenvalue weighted by Gasteiger charge is -2.20. The molecule has 3 aromatic carbocycles. The molecular formula is C25H21N3O3. The van der Waals surface area contributed by atoms with Crippen molar-refractivity contribution in [1.82, 2.24) is 9.80 Å². The second-order valence-corrected chi connectivity index (χ2v) is 7.10. The highest BCUT2D eigenvalue weighted by Crippen LogP contribution is 2.38. The van der Waals surface area contributed by atoms with Crippen LogP contribution < -0.4 is 0 Å². The molecule has 1 atom stereocenters. The molecule has 0 spiro atoms. The molecule has 0 radical (unpaired) electrons. The Bertz CT molecular complexity index is 1140. The van der Waals surface area contributed by atoms with Gasteiger partial charge in [-0.15, -0.1) is 0 Å². The Balaban J connectivity index is 1.86. The minimum absolute atomic E-state index is 0.0670. The number of aliphatic imine (C=N–C) groups is 1. The van der Waals surface area contributed by atoms with E-state index in [2.05, 4.69) is 4.99 Å². The average molecular weight is 411 g/mol. The Labute approximate surface area is 180 Å². The van der Waals surface area contributed by atoms with E-state index in [4.69, 9.17) is 0 Å². The number of hydrogen-bond acceptors (Lipinski definition) is 2. The van der Waals surface area contributed by atoms with Crippen LogP contribution in [0.15, 0.2) is 102 Å². The normalized spacial score (nSPS) is 18.5. The molecule has 0 aromatic heterocycles. The number of guanidine groups is 1. The van der Waals surface area contributed by atoms with Crippen LogP contribution in [-0.4, -0.2) is 39.9 Å². The number of rotatable bonds is 3. The Morgan fingerprint density at radius 2 is 1.42 bits per heavy atom. The van der Waals surface area contributed by atoms with Crippen LogP contribution in [0, 0.1) is 0 Å². The molecule has 1 aliphatic heterocycles. The van der Waals surface area contributed by atoms with Crippen LogP contribution >= 0.6 is 0 Å². The van der Waals surface area contributed by atoms with Gasteiger partial charge in [0.05, 0.1) is 11.7 Å². The summed E-state index contributed by atoms with van der Waals surface area (Å²) in [5.41, 5.74) is 2.65. The quantitative estimate of drug-likeness (QED) is 0.666. The molecule has 1 N–H and O–H groups in total. The van der Waals surface area contributed by atoms with Crippen molar-refractivity contribution in [2.24, 2.45) is 4.99 Å². The predicted octanol–water partition coefficient (Wildman–Crippen LogP) is 4.89. The highest BCUT2D eigenvalue weighted by molar-refractivity contribution is 6.08. The van der Waals surface area contributed by atoms with E-state index in [1.165, 1.54) is 0 Å². The number of benzene rings is 3. The third-order valence-electron chi connectivity index (χ3n) is 5.08. The van der Waals surface area contributed by atoms with Crippen LogP contribution in [0.25, 0.3) is 6.08 Å². The molecule has 154 valence electrons. The minimum Gasteiger partial charge on any atom is -0.464 e. The van der Waals surface area contributed by atoms with Crippen LogP contribution in [-0.2, 0) is 0 Å². The average Bonchev–Trinajstić information content (AvgIpc) is 3.06. The summed E-state index contributed by atoms with van der Waals surface area (Å²) in [5, 5.41) is 10.1. The molecule has 6 heteroatoms. The van der Waals surface area contributed by atoms with Gasteiger partial charge in [-0.25, -0.2) is 9.69 Å². The van der Waals surface area contributed by atoms with E-state index in [9.17, 15) is 14.7 Å². The number of hydrogen-bond donors (Lipinski definition) is 1. The molecule has 4 rings (SSSR count). The zero-order chi connectivity index (χ0) is 21.8. The molecule has 3 aromatic rings. The van der Waals surface area contributed by atoms with Gasteiger partial charge in [0.25, 0.3) is 5.91 Å². The van der Waals surface area contributed by atoms with Gasteiger partial charge in [0.15, 0.2) is 0 Å². The minimum atomic E-state index is -1.20. The largest absolute Gasteiger partial charge is 0.464 e. The third-order valence-corrected chi connectivity index (χ3v) is 5.08. The summed E-state index contributed by atoms with van der Waals surface area (Å²) >= 11 is 0. The lowest BCUT2D eigenvalue weighted by molar-refractivity contribution is 0.100. The van der Waals surface area contributed by atoms with Gasteiger partial charge in [-0.3, -0.25) is 4.79 Å². The van der Waals surface area contributed by atoms with Gasteiger partial charge < -0.3 is 10.0 Å². The summed E-state index contributed by atoms with van der Waals surface area (Å²) < 4.78 is 0. The molecule has 1 heterocycles. The van der Waals surface area contributed by atoms with Gasteiger partial charge >= 0.3 is 6.09 Å². The fourth-order valence-corrected chi connectivity index (χ4v) is 3.66. The molecular weight excluding hydrogens is 390 g/mol. The fraction of sp³-hybridized carbons (Fsp3) is 0.0800. The van der Waals surface area contributed by atoms with E-state index in [1.807, 2.05) is 66.7 Å². The van der Waals surface area contributed by atoms with Crippen LogP contribution in [0.3, 0.4) is 0 Å². The van der Waals surface area contributed by atoms with Gasteiger partial charge in [0.2, 0.25) is 5.96 Å². The Morgan fingerprint density at radius 3 is 2.00 bits per heavy atom. The summed E-state index contributed by atoms with van der Waals surface area (Å²) in [4.78, 5) is 32.1. The van der Waals surface area contributed by atoms with Gasteiger partial charge in [0.1, 0.15) is 0 Å². The first-order chi connectivity index (χ1) is 15.1. The molecule has 1 saturated heterocycles. The maximum Gasteiger partial charge on any atom is 0.418 e. The molecule has 1 aliphatic rings. The smallest absolute Gasteiger partial charge is 0.418 e. The first-order valence-corrected chi connectivity index (χ1v) is 9.82. The number of carbonyl (C=O) groups excluding carboxylic acids is 1. The third kappa shape index (κ3) is 4.09. The van der Waals surface area contributed by atoms with E-state index in [-0.39, 0.29) is 5.96 Å². The van der Waals surface area contributed by atoms with Crippen molar-refractivity contribution in [1.29, 1.82) is 0 Å².